The second-order valence-electron chi connectivity index (χ2n) is 3.74. The minimum absolute atomic E-state index is 0.487. The number of nitrogens with zero attached hydrogens (tertiary/aromatic N) is 2. The van der Waals surface area contributed by atoms with Gasteiger partial charge in [0.25, 0.3) is 0 Å². The molecule has 1 aromatic rings. The summed E-state index contributed by atoms with van der Waals surface area (Å²) in [5, 5.41) is 0. The van der Waals surface area contributed by atoms with Crippen LogP contribution in [0.3, 0.4) is 0 Å². The van der Waals surface area contributed by atoms with Crippen molar-refractivity contribution >= 4 is 0 Å². The van der Waals surface area contributed by atoms with Crippen LogP contribution in [0, 0.1) is 12.8 Å². The molecule has 0 aromatic carbocycles. The standard InChI is InChI=1S/C10H15N3/c1-7-12-5-9(6-13-7)10(4-11)8-2-3-8/h5-6,8,10H,2-4,11H2,1H3. The molecule has 1 atom stereocenters. The molecule has 0 saturated heterocycles. The number of aryl methyl sites for hydroxylation is 1. The molecule has 0 aliphatic heterocycles. The van der Waals surface area contributed by atoms with Gasteiger partial charge in [-0.1, -0.05) is 0 Å². The molecule has 0 bridgehead atoms. The number of hydrogen-bond donors (Lipinski definition) is 1. The Morgan fingerprint density at radius 1 is 1.46 bits per heavy atom. The average Bonchev–Trinajstić information content (AvgIpc) is 2.93. The van der Waals surface area contributed by atoms with Crippen LogP contribution in [0.4, 0.5) is 0 Å². The monoisotopic (exact) mass is 177 g/mol. The summed E-state index contributed by atoms with van der Waals surface area (Å²) in [6, 6.07) is 0. The largest absolute Gasteiger partial charge is 0.330 e. The van der Waals surface area contributed by atoms with Gasteiger partial charge in [-0.3, -0.25) is 0 Å². The Hall–Kier alpha value is -0.960. The highest BCUT2D eigenvalue weighted by molar-refractivity contribution is 5.15. The van der Waals surface area contributed by atoms with E-state index in [0.717, 1.165) is 18.3 Å². The van der Waals surface area contributed by atoms with Crippen LogP contribution in [0.25, 0.3) is 0 Å². The predicted molar refractivity (Wildman–Crippen MR) is 51.3 cm³/mol. The molecule has 0 radical (unpaired) electrons. The van der Waals surface area contributed by atoms with E-state index in [2.05, 4.69) is 9.97 Å². The van der Waals surface area contributed by atoms with Crippen molar-refractivity contribution < 1.29 is 0 Å². The molecule has 70 valence electrons. The van der Waals surface area contributed by atoms with Gasteiger partial charge in [0.1, 0.15) is 5.82 Å². The van der Waals surface area contributed by atoms with Gasteiger partial charge < -0.3 is 5.73 Å². The van der Waals surface area contributed by atoms with E-state index in [1.165, 1.54) is 18.4 Å². The van der Waals surface area contributed by atoms with Gasteiger partial charge in [-0.25, -0.2) is 9.97 Å². The van der Waals surface area contributed by atoms with E-state index in [-0.39, 0.29) is 0 Å². The zero-order valence-electron chi connectivity index (χ0n) is 7.90. The van der Waals surface area contributed by atoms with Crippen molar-refractivity contribution in [2.45, 2.75) is 25.7 Å². The third kappa shape index (κ3) is 1.86. The van der Waals surface area contributed by atoms with Crippen molar-refractivity contribution in [2.24, 2.45) is 11.7 Å². The maximum atomic E-state index is 5.73. The lowest BCUT2D eigenvalue weighted by Crippen LogP contribution is -2.15. The second-order valence-corrected chi connectivity index (χ2v) is 3.74. The summed E-state index contributed by atoms with van der Waals surface area (Å²) in [6.07, 6.45) is 6.46. The molecule has 13 heavy (non-hydrogen) atoms. The third-order valence-electron chi connectivity index (χ3n) is 2.67. The molecule has 0 amide bonds. The number of aromatic nitrogens is 2. The molecular weight excluding hydrogens is 162 g/mol. The van der Waals surface area contributed by atoms with Gasteiger partial charge in [0.15, 0.2) is 0 Å². The van der Waals surface area contributed by atoms with Gasteiger partial charge in [0.2, 0.25) is 0 Å². The zero-order chi connectivity index (χ0) is 9.26. The summed E-state index contributed by atoms with van der Waals surface area (Å²) in [5.41, 5.74) is 6.93. The lowest BCUT2D eigenvalue weighted by atomic mass is 9.97. The number of rotatable bonds is 3. The van der Waals surface area contributed by atoms with Crippen molar-refractivity contribution in [2.75, 3.05) is 6.54 Å². The highest BCUT2D eigenvalue weighted by atomic mass is 14.8. The smallest absolute Gasteiger partial charge is 0.125 e. The summed E-state index contributed by atoms with van der Waals surface area (Å²) >= 11 is 0. The summed E-state index contributed by atoms with van der Waals surface area (Å²) < 4.78 is 0. The molecule has 1 aliphatic rings. The fraction of sp³-hybridized carbons (Fsp3) is 0.600. The zero-order valence-corrected chi connectivity index (χ0v) is 7.90. The first-order valence-electron chi connectivity index (χ1n) is 4.80. The van der Waals surface area contributed by atoms with Gasteiger partial charge in [-0.05, 0) is 37.8 Å². The first kappa shape index (κ1) is 8.63. The van der Waals surface area contributed by atoms with Crippen LogP contribution in [0.1, 0.15) is 30.1 Å². The van der Waals surface area contributed by atoms with E-state index >= 15 is 0 Å². The Morgan fingerprint density at radius 3 is 2.54 bits per heavy atom. The fourth-order valence-electron chi connectivity index (χ4n) is 1.69. The van der Waals surface area contributed by atoms with E-state index in [4.69, 9.17) is 5.73 Å². The lowest BCUT2D eigenvalue weighted by molar-refractivity contribution is 0.610. The van der Waals surface area contributed by atoms with E-state index in [1.54, 1.807) is 0 Å². The number of hydrogen-bond acceptors (Lipinski definition) is 3. The first-order chi connectivity index (χ1) is 6.31. The molecule has 1 fully saturated rings. The van der Waals surface area contributed by atoms with Crippen LogP contribution < -0.4 is 5.73 Å². The van der Waals surface area contributed by atoms with E-state index in [0.29, 0.717) is 5.92 Å². The highest BCUT2D eigenvalue weighted by Crippen LogP contribution is 2.41. The molecule has 2 rings (SSSR count). The Balaban J connectivity index is 2.17. The maximum Gasteiger partial charge on any atom is 0.125 e. The SMILES string of the molecule is Cc1ncc(C(CN)C2CC2)cn1. The second kappa shape index (κ2) is 3.42. The van der Waals surface area contributed by atoms with E-state index in [1.807, 2.05) is 19.3 Å². The summed E-state index contributed by atoms with van der Waals surface area (Å²) in [7, 11) is 0. The summed E-state index contributed by atoms with van der Waals surface area (Å²) in [5.74, 6) is 2.10. The van der Waals surface area contributed by atoms with Crippen molar-refractivity contribution in [3.8, 4) is 0 Å². The van der Waals surface area contributed by atoms with Gasteiger partial charge in [-0.15, -0.1) is 0 Å². The van der Waals surface area contributed by atoms with Gasteiger partial charge in [0.05, 0.1) is 0 Å². The van der Waals surface area contributed by atoms with Crippen LogP contribution in [-0.4, -0.2) is 16.5 Å². The molecular formula is C10H15N3. The molecule has 3 nitrogen and oxygen atoms in total. The molecule has 1 unspecified atom stereocenters. The van der Waals surface area contributed by atoms with E-state index in [9.17, 15) is 0 Å². The van der Waals surface area contributed by atoms with Crippen molar-refractivity contribution in [1.29, 1.82) is 0 Å². The van der Waals surface area contributed by atoms with Crippen LogP contribution >= 0.6 is 0 Å². The Bertz CT molecular complexity index is 277. The fourth-order valence-corrected chi connectivity index (χ4v) is 1.69. The molecule has 0 spiro atoms. The van der Waals surface area contributed by atoms with Crippen LogP contribution in [0.2, 0.25) is 0 Å². The quantitative estimate of drug-likeness (QED) is 0.755. The third-order valence-corrected chi connectivity index (χ3v) is 2.67. The van der Waals surface area contributed by atoms with Gasteiger partial charge in [-0.2, -0.15) is 0 Å². The highest BCUT2D eigenvalue weighted by Gasteiger charge is 2.31. The molecule has 1 heterocycles. The molecule has 1 aromatic heterocycles. The minimum atomic E-state index is 0.487. The topological polar surface area (TPSA) is 51.8 Å². The Kier molecular flexibility index (Phi) is 2.27. The van der Waals surface area contributed by atoms with Crippen LogP contribution in [-0.2, 0) is 0 Å². The molecule has 3 heteroatoms. The summed E-state index contributed by atoms with van der Waals surface area (Å²) in [4.78, 5) is 8.38. The van der Waals surface area contributed by atoms with Crippen molar-refractivity contribution in [1.82, 2.24) is 9.97 Å². The van der Waals surface area contributed by atoms with Crippen molar-refractivity contribution in [3.05, 3.63) is 23.8 Å². The van der Waals surface area contributed by atoms with Gasteiger partial charge >= 0.3 is 0 Å². The Morgan fingerprint density at radius 2 is 2.08 bits per heavy atom. The molecule has 1 aliphatic carbocycles. The summed E-state index contributed by atoms with van der Waals surface area (Å²) in [6.45, 7) is 2.62. The van der Waals surface area contributed by atoms with Crippen molar-refractivity contribution in [3.63, 3.8) is 0 Å². The van der Waals surface area contributed by atoms with Gasteiger partial charge in [0, 0.05) is 18.3 Å². The lowest BCUT2D eigenvalue weighted by Gasteiger charge is -2.12. The normalized spacial score (nSPS) is 18.6. The molecule has 2 N–H and O–H groups in total. The molecule has 1 saturated carbocycles. The predicted octanol–water partition coefficient (Wildman–Crippen LogP) is 1.24. The maximum absolute atomic E-state index is 5.73. The van der Waals surface area contributed by atoms with E-state index < -0.39 is 0 Å². The van der Waals surface area contributed by atoms with Crippen LogP contribution in [0.5, 0.6) is 0 Å². The first-order valence-corrected chi connectivity index (χ1v) is 4.80. The average molecular weight is 177 g/mol. The van der Waals surface area contributed by atoms with Crippen LogP contribution in [0.15, 0.2) is 12.4 Å². The number of nitrogens with two attached hydrogens (primary N) is 1. The Labute approximate surface area is 78.4 Å². The minimum Gasteiger partial charge on any atom is -0.330 e.